The van der Waals surface area contributed by atoms with Gasteiger partial charge in [0.25, 0.3) is 0 Å². The van der Waals surface area contributed by atoms with E-state index < -0.39 is 0 Å². The number of allylic oxidation sites excluding steroid dienone is 1. The van der Waals surface area contributed by atoms with E-state index in [2.05, 4.69) is 21.0 Å². The van der Waals surface area contributed by atoms with Gasteiger partial charge in [0, 0.05) is 17.5 Å². The SMILES string of the molecule is Cc1cc(C2=NC=CCC2)nc(-c2ccccc2)n1. The Hall–Kier alpha value is -2.29. The van der Waals surface area contributed by atoms with Crippen molar-refractivity contribution in [1.82, 2.24) is 9.97 Å². The maximum Gasteiger partial charge on any atom is 0.160 e. The van der Waals surface area contributed by atoms with Gasteiger partial charge in [-0.25, -0.2) is 9.97 Å². The van der Waals surface area contributed by atoms with Crippen molar-refractivity contribution in [3.63, 3.8) is 0 Å². The van der Waals surface area contributed by atoms with Gasteiger partial charge in [0.15, 0.2) is 5.82 Å². The fourth-order valence-electron chi connectivity index (χ4n) is 2.13. The van der Waals surface area contributed by atoms with Crippen LogP contribution in [0.5, 0.6) is 0 Å². The van der Waals surface area contributed by atoms with E-state index in [0.717, 1.165) is 41.3 Å². The Morgan fingerprint density at radius 1 is 1.05 bits per heavy atom. The van der Waals surface area contributed by atoms with Crippen molar-refractivity contribution in [1.29, 1.82) is 0 Å². The smallest absolute Gasteiger partial charge is 0.160 e. The molecule has 94 valence electrons. The molecule has 1 aliphatic heterocycles. The van der Waals surface area contributed by atoms with Crippen LogP contribution in [0, 0.1) is 6.92 Å². The van der Waals surface area contributed by atoms with Gasteiger partial charge in [-0.3, -0.25) is 4.99 Å². The molecule has 1 aromatic heterocycles. The van der Waals surface area contributed by atoms with Crippen LogP contribution in [0.3, 0.4) is 0 Å². The van der Waals surface area contributed by atoms with Crippen molar-refractivity contribution < 1.29 is 0 Å². The number of hydrogen-bond acceptors (Lipinski definition) is 3. The molecule has 19 heavy (non-hydrogen) atoms. The minimum atomic E-state index is 0.771. The van der Waals surface area contributed by atoms with Gasteiger partial charge in [-0.1, -0.05) is 36.4 Å². The summed E-state index contributed by atoms with van der Waals surface area (Å²) in [5.74, 6) is 0.771. The van der Waals surface area contributed by atoms with Gasteiger partial charge in [0.1, 0.15) is 0 Å². The molecule has 0 bridgehead atoms. The van der Waals surface area contributed by atoms with Crippen LogP contribution in [0.1, 0.15) is 24.2 Å². The lowest BCUT2D eigenvalue weighted by molar-refractivity contribution is 1.03. The second-order valence-electron chi connectivity index (χ2n) is 4.58. The lowest BCUT2D eigenvalue weighted by Gasteiger charge is -2.09. The fourth-order valence-corrected chi connectivity index (χ4v) is 2.13. The number of benzene rings is 1. The molecule has 0 atom stereocenters. The molecule has 0 N–H and O–H groups in total. The molecule has 0 amide bonds. The van der Waals surface area contributed by atoms with Crippen LogP contribution >= 0.6 is 0 Å². The predicted molar refractivity (Wildman–Crippen MR) is 77.1 cm³/mol. The number of aryl methyl sites for hydroxylation is 1. The lowest BCUT2D eigenvalue weighted by atomic mass is 10.1. The maximum absolute atomic E-state index is 4.65. The van der Waals surface area contributed by atoms with Crippen LogP contribution in [0.15, 0.2) is 53.7 Å². The van der Waals surface area contributed by atoms with E-state index in [-0.39, 0.29) is 0 Å². The summed E-state index contributed by atoms with van der Waals surface area (Å²) < 4.78 is 0. The molecule has 1 aromatic carbocycles. The molecule has 3 nitrogen and oxygen atoms in total. The summed E-state index contributed by atoms with van der Waals surface area (Å²) in [6.45, 7) is 2.00. The Morgan fingerprint density at radius 3 is 2.63 bits per heavy atom. The second-order valence-corrected chi connectivity index (χ2v) is 4.58. The number of aliphatic imine (C=N–C) groups is 1. The van der Waals surface area contributed by atoms with E-state index >= 15 is 0 Å². The molecular formula is C16H15N3. The van der Waals surface area contributed by atoms with Gasteiger partial charge >= 0.3 is 0 Å². The summed E-state index contributed by atoms with van der Waals surface area (Å²) >= 11 is 0. The first kappa shape index (κ1) is 11.8. The lowest BCUT2D eigenvalue weighted by Crippen LogP contribution is -2.08. The van der Waals surface area contributed by atoms with E-state index in [4.69, 9.17) is 0 Å². The number of nitrogens with zero attached hydrogens (tertiary/aromatic N) is 3. The molecule has 0 aliphatic carbocycles. The summed E-state index contributed by atoms with van der Waals surface area (Å²) in [6.07, 6.45) is 5.91. The van der Waals surface area contributed by atoms with Crippen LogP contribution in [-0.4, -0.2) is 15.7 Å². The van der Waals surface area contributed by atoms with E-state index in [1.165, 1.54) is 0 Å². The van der Waals surface area contributed by atoms with Crippen LogP contribution in [-0.2, 0) is 0 Å². The first-order valence-corrected chi connectivity index (χ1v) is 6.46. The van der Waals surface area contributed by atoms with Gasteiger partial charge in [-0.05, 0) is 25.8 Å². The van der Waals surface area contributed by atoms with E-state index in [0.29, 0.717) is 0 Å². The predicted octanol–water partition coefficient (Wildman–Crippen LogP) is 3.55. The molecule has 0 unspecified atom stereocenters. The quantitative estimate of drug-likeness (QED) is 0.816. The highest BCUT2D eigenvalue weighted by atomic mass is 14.9. The molecular weight excluding hydrogens is 234 g/mol. The zero-order valence-corrected chi connectivity index (χ0v) is 10.9. The average molecular weight is 249 g/mol. The minimum Gasteiger partial charge on any atom is -0.259 e. The Morgan fingerprint density at radius 2 is 1.89 bits per heavy atom. The summed E-state index contributed by atoms with van der Waals surface area (Å²) in [5, 5.41) is 0. The molecule has 3 heteroatoms. The third kappa shape index (κ3) is 2.60. The highest BCUT2D eigenvalue weighted by Gasteiger charge is 2.10. The monoisotopic (exact) mass is 249 g/mol. The molecule has 0 saturated heterocycles. The number of aromatic nitrogens is 2. The van der Waals surface area contributed by atoms with Gasteiger partial charge < -0.3 is 0 Å². The van der Waals surface area contributed by atoms with E-state index in [9.17, 15) is 0 Å². The standard InChI is InChI=1S/C16H15N3/c1-12-11-15(14-9-5-6-10-17-14)19-16(18-12)13-7-3-2-4-8-13/h2-4,6-8,10-11H,5,9H2,1H3. The summed E-state index contributed by atoms with van der Waals surface area (Å²) in [5.41, 5.74) is 4.00. The normalized spacial score (nSPS) is 14.3. The highest BCUT2D eigenvalue weighted by molar-refractivity contribution is 6.00. The first-order chi connectivity index (χ1) is 9.33. The molecule has 0 saturated carbocycles. The average Bonchev–Trinajstić information content (AvgIpc) is 2.48. The Bertz CT molecular complexity index is 642. The molecule has 2 aromatic rings. The van der Waals surface area contributed by atoms with Crippen molar-refractivity contribution in [3.8, 4) is 11.4 Å². The second kappa shape index (κ2) is 5.14. The molecule has 1 aliphatic rings. The highest BCUT2D eigenvalue weighted by Crippen LogP contribution is 2.17. The van der Waals surface area contributed by atoms with E-state index in [1.54, 1.807) is 0 Å². The largest absolute Gasteiger partial charge is 0.259 e. The third-order valence-electron chi connectivity index (χ3n) is 3.07. The fraction of sp³-hybridized carbons (Fsp3) is 0.188. The van der Waals surface area contributed by atoms with E-state index in [1.807, 2.05) is 49.5 Å². The van der Waals surface area contributed by atoms with Crippen molar-refractivity contribution in [3.05, 3.63) is 60.1 Å². The van der Waals surface area contributed by atoms with Crippen LogP contribution in [0.4, 0.5) is 0 Å². The summed E-state index contributed by atoms with van der Waals surface area (Å²) in [7, 11) is 0. The third-order valence-corrected chi connectivity index (χ3v) is 3.07. The van der Waals surface area contributed by atoms with Gasteiger partial charge in [0.2, 0.25) is 0 Å². The molecule has 0 fully saturated rings. The number of hydrogen-bond donors (Lipinski definition) is 0. The minimum absolute atomic E-state index is 0.771. The van der Waals surface area contributed by atoms with Crippen molar-refractivity contribution >= 4 is 5.71 Å². The van der Waals surface area contributed by atoms with Gasteiger partial charge in [-0.2, -0.15) is 0 Å². The first-order valence-electron chi connectivity index (χ1n) is 6.46. The van der Waals surface area contributed by atoms with Crippen molar-refractivity contribution in [2.45, 2.75) is 19.8 Å². The summed E-state index contributed by atoms with van der Waals surface area (Å²) in [4.78, 5) is 13.6. The Kier molecular flexibility index (Phi) is 3.19. The van der Waals surface area contributed by atoms with Gasteiger partial charge in [-0.15, -0.1) is 0 Å². The summed E-state index contributed by atoms with van der Waals surface area (Å²) in [6, 6.07) is 12.1. The topological polar surface area (TPSA) is 38.1 Å². The van der Waals surface area contributed by atoms with Crippen molar-refractivity contribution in [2.24, 2.45) is 4.99 Å². The Balaban J connectivity index is 2.06. The molecule has 2 heterocycles. The molecule has 3 rings (SSSR count). The molecule has 0 spiro atoms. The van der Waals surface area contributed by atoms with Crippen molar-refractivity contribution in [2.75, 3.05) is 0 Å². The zero-order valence-electron chi connectivity index (χ0n) is 10.9. The Labute approximate surface area is 112 Å². The van der Waals surface area contributed by atoms with Crippen LogP contribution < -0.4 is 0 Å². The number of rotatable bonds is 2. The zero-order chi connectivity index (χ0) is 13.1. The van der Waals surface area contributed by atoms with Gasteiger partial charge in [0.05, 0.1) is 11.4 Å². The molecule has 0 radical (unpaired) electrons. The maximum atomic E-state index is 4.65. The van der Waals surface area contributed by atoms with Crippen LogP contribution in [0.2, 0.25) is 0 Å². The van der Waals surface area contributed by atoms with Crippen LogP contribution in [0.25, 0.3) is 11.4 Å².